The molecule has 0 radical (unpaired) electrons. The number of likely N-dealkylation sites (tertiary alicyclic amines) is 1. The first-order valence-electron chi connectivity index (χ1n) is 15.6. The Kier molecular flexibility index (Phi) is 12.2. The van der Waals surface area contributed by atoms with Gasteiger partial charge in [0.1, 0.15) is 18.1 Å². The van der Waals surface area contributed by atoms with Gasteiger partial charge in [-0.1, -0.05) is 57.5 Å². The minimum absolute atomic E-state index is 0.00342. The number of nitrogens with one attached hydrogen (secondary N) is 3. The van der Waals surface area contributed by atoms with Crippen LogP contribution >= 0.6 is 0 Å². The highest BCUT2D eigenvalue weighted by molar-refractivity contribution is 6.38. The molecule has 0 bridgehead atoms. The molecule has 254 valence electrons. The van der Waals surface area contributed by atoms with E-state index in [-0.39, 0.29) is 19.3 Å². The summed E-state index contributed by atoms with van der Waals surface area (Å²) in [5, 5.41) is 16.9. The second-order valence-corrected chi connectivity index (χ2v) is 12.6. The van der Waals surface area contributed by atoms with Gasteiger partial charge >= 0.3 is 12.1 Å². The molecule has 1 aromatic rings. The van der Waals surface area contributed by atoms with Crippen LogP contribution in [0.4, 0.5) is 13.6 Å². The predicted molar refractivity (Wildman–Crippen MR) is 162 cm³/mol. The summed E-state index contributed by atoms with van der Waals surface area (Å²) < 4.78 is 35.0. The molecule has 6 atom stereocenters. The summed E-state index contributed by atoms with van der Waals surface area (Å²) in [5.74, 6) is -11.2. The third kappa shape index (κ3) is 8.79. The van der Waals surface area contributed by atoms with Crippen LogP contribution in [-0.2, 0) is 35.1 Å². The number of amides is 4. The van der Waals surface area contributed by atoms with E-state index < -0.39 is 102 Å². The largest absolute Gasteiger partial charge is 0.480 e. The van der Waals surface area contributed by atoms with E-state index in [2.05, 4.69) is 16.0 Å². The van der Waals surface area contributed by atoms with Gasteiger partial charge in [-0.2, -0.15) is 0 Å². The molecule has 46 heavy (non-hydrogen) atoms. The first-order valence-corrected chi connectivity index (χ1v) is 15.6. The third-order valence-electron chi connectivity index (χ3n) is 8.43. The lowest BCUT2D eigenvalue weighted by molar-refractivity contribution is -0.146. The Morgan fingerprint density at radius 2 is 1.65 bits per heavy atom. The van der Waals surface area contributed by atoms with Crippen LogP contribution in [0.5, 0.6) is 0 Å². The Morgan fingerprint density at radius 1 is 1.00 bits per heavy atom. The van der Waals surface area contributed by atoms with E-state index in [9.17, 15) is 42.7 Å². The molecular formula is C32H44F2N4O8. The Bertz CT molecular complexity index is 1290. The van der Waals surface area contributed by atoms with Crippen LogP contribution in [-0.4, -0.2) is 88.3 Å². The molecule has 0 spiro atoms. The number of rotatable bonds is 14. The SMILES string of the molecule is CCCC(NC(=O)[C@@H]1[C@H]2CCC(F)(F)C2CN1C(=O)[C@@H](NC(=O)OC(C)C)C(C)C)C(=O)C(=O)N[C@H](Cc1ccccc1)C(=O)O. The molecule has 1 aliphatic carbocycles. The fourth-order valence-electron chi connectivity index (χ4n) is 6.14. The summed E-state index contributed by atoms with van der Waals surface area (Å²) in [5.41, 5.74) is 0.613. The van der Waals surface area contributed by atoms with Gasteiger partial charge in [0, 0.05) is 25.3 Å². The number of nitrogens with zero attached hydrogens (tertiary/aromatic N) is 1. The van der Waals surface area contributed by atoms with Gasteiger partial charge in [-0.25, -0.2) is 18.4 Å². The van der Waals surface area contributed by atoms with Crippen molar-refractivity contribution in [1.82, 2.24) is 20.9 Å². The topological polar surface area (TPSA) is 171 Å². The molecule has 4 amide bonds. The lowest BCUT2D eigenvalue weighted by atomic mass is 9.91. The molecule has 2 unspecified atom stereocenters. The number of hydrogen-bond acceptors (Lipinski definition) is 7. The van der Waals surface area contributed by atoms with Gasteiger partial charge in [0.2, 0.25) is 17.6 Å². The van der Waals surface area contributed by atoms with E-state index in [4.69, 9.17) is 4.74 Å². The van der Waals surface area contributed by atoms with Crippen LogP contribution in [0.3, 0.4) is 0 Å². The van der Waals surface area contributed by atoms with Crippen molar-refractivity contribution in [3.8, 4) is 0 Å². The van der Waals surface area contributed by atoms with Crippen LogP contribution in [0.15, 0.2) is 30.3 Å². The van der Waals surface area contributed by atoms with E-state index in [1.807, 2.05) is 0 Å². The second kappa shape index (κ2) is 15.5. The van der Waals surface area contributed by atoms with Crippen molar-refractivity contribution < 1.29 is 47.4 Å². The molecule has 1 heterocycles. The quantitative estimate of drug-likeness (QED) is 0.223. The Balaban J connectivity index is 1.83. The van der Waals surface area contributed by atoms with Crippen LogP contribution in [0.2, 0.25) is 0 Å². The van der Waals surface area contributed by atoms with Crippen molar-refractivity contribution in [2.75, 3.05) is 6.54 Å². The fraction of sp³-hybridized carbons (Fsp3) is 0.625. The summed E-state index contributed by atoms with van der Waals surface area (Å²) in [6.07, 6.45) is -1.65. The maximum Gasteiger partial charge on any atom is 0.408 e. The number of ether oxygens (including phenoxy) is 1. The Labute approximate surface area is 267 Å². The van der Waals surface area contributed by atoms with E-state index in [0.29, 0.717) is 12.0 Å². The maximum absolute atomic E-state index is 14.9. The highest BCUT2D eigenvalue weighted by atomic mass is 19.3. The average molecular weight is 651 g/mol. The normalized spacial score (nSPS) is 22.0. The number of halogens is 2. The van der Waals surface area contributed by atoms with Crippen molar-refractivity contribution in [3.63, 3.8) is 0 Å². The minimum atomic E-state index is -3.14. The van der Waals surface area contributed by atoms with Gasteiger partial charge in [-0.3, -0.25) is 19.2 Å². The van der Waals surface area contributed by atoms with E-state index in [1.165, 1.54) is 0 Å². The number of carboxylic acid groups (broad SMARTS) is 1. The van der Waals surface area contributed by atoms with E-state index >= 15 is 0 Å². The second-order valence-electron chi connectivity index (χ2n) is 12.6. The summed E-state index contributed by atoms with van der Waals surface area (Å²) in [6.45, 7) is 7.80. The van der Waals surface area contributed by atoms with Crippen molar-refractivity contribution >= 4 is 35.6 Å². The Morgan fingerprint density at radius 3 is 2.22 bits per heavy atom. The molecule has 4 N–H and O–H groups in total. The number of alkyl carbamates (subject to hydrolysis) is 1. The number of hydrogen-bond donors (Lipinski definition) is 4. The van der Waals surface area contributed by atoms with E-state index in [1.54, 1.807) is 65.0 Å². The lowest BCUT2D eigenvalue weighted by Gasteiger charge is -2.33. The number of benzene rings is 1. The smallest absolute Gasteiger partial charge is 0.408 e. The molecule has 1 aliphatic heterocycles. The lowest BCUT2D eigenvalue weighted by Crippen LogP contribution is -2.59. The predicted octanol–water partition coefficient (Wildman–Crippen LogP) is 2.68. The first kappa shape index (κ1) is 36.4. The monoisotopic (exact) mass is 650 g/mol. The highest BCUT2D eigenvalue weighted by Gasteiger charge is 2.61. The number of carboxylic acids is 1. The van der Waals surface area contributed by atoms with Gasteiger partial charge in [-0.15, -0.1) is 0 Å². The molecule has 2 aliphatic rings. The summed E-state index contributed by atoms with van der Waals surface area (Å²) >= 11 is 0. The van der Waals surface area contributed by atoms with Crippen molar-refractivity contribution in [2.24, 2.45) is 17.8 Å². The van der Waals surface area contributed by atoms with Crippen molar-refractivity contribution in [3.05, 3.63) is 35.9 Å². The minimum Gasteiger partial charge on any atom is -0.480 e. The van der Waals surface area contributed by atoms with Gasteiger partial charge < -0.3 is 30.7 Å². The number of fused-ring (bicyclic) bond motifs is 1. The highest BCUT2D eigenvalue weighted by Crippen LogP contribution is 2.51. The molecular weight excluding hydrogens is 606 g/mol. The van der Waals surface area contributed by atoms with Gasteiger partial charge in [0.15, 0.2) is 0 Å². The van der Waals surface area contributed by atoms with Gasteiger partial charge in [0.25, 0.3) is 11.8 Å². The van der Waals surface area contributed by atoms with Crippen LogP contribution < -0.4 is 16.0 Å². The number of alkyl halides is 2. The number of carbonyl (C=O) groups is 6. The number of aliphatic carboxylic acids is 1. The van der Waals surface area contributed by atoms with Crippen molar-refractivity contribution in [1.29, 1.82) is 0 Å². The summed E-state index contributed by atoms with van der Waals surface area (Å²) in [7, 11) is 0. The molecule has 0 aromatic heterocycles. The zero-order chi connectivity index (χ0) is 34.3. The third-order valence-corrected chi connectivity index (χ3v) is 8.43. The number of Topliss-reactive ketones (excluding diaryl/α,β-unsaturated/α-hetero) is 1. The fourth-order valence-corrected chi connectivity index (χ4v) is 6.14. The molecule has 14 heteroatoms. The van der Waals surface area contributed by atoms with Crippen LogP contribution in [0.25, 0.3) is 0 Å². The Hall–Kier alpha value is -4.10. The van der Waals surface area contributed by atoms with Gasteiger partial charge in [0.05, 0.1) is 12.1 Å². The van der Waals surface area contributed by atoms with Gasteiger partial charge in [-0.05, 0) is 44.1 Å². The molecule has 2 fully saturated rings. The number of carbonyl (C=O) groups excluding carboxylic acids is 5. The first-order chi connectivity index (χ1) is 21.6. The average Bonchev–Trinajstić information content (AvgIpc) is 3.51. The molecule has 1 saturated heterocycles. The molecule has 12 nitrogen and oxygen atoms in total. The molecule has 3 rings (SSSR count). The van der Waals surface area contributed by atoms with Crippen LogP contribution in [0, 0.1) is 17.8 Å². The molecule has 1 aromatic carbocycles. The summed E-state index contributed by atoms with van der Waals surface area (Å²) in [4.78, 5) is 79.1. The summed E-state index contributed by atoms with van der Waals surface area (Å²) in [6, 6.07) is 3.08. The maximum atomic E-state index is 14.9. The van der Waals surface area contributed by atoms with E-state index in [0.717, 1.165) is 4.90 Å². The zero-order valence-electron chi connectivity index (χ0n) is 26.8. The zero-order valence-corrected chi connectivity index (χ0v) is 26.8. The van der Waals surface area contributed by atoms with Crippen LogP contribution in [0.1, 0.15) is 65.9 Å². The van der Waals surface area contributed by atoms with Crippen molar-refractivity contribution in [2.45, 2.75) is 103 Å². The standard InChI is InChI=1S/C32H44F2N4O8/c1-6-10-22(26(39)28(41)36-23(30(43)44)15-19-11-8-7-9-12-19)35-27(40)25-20-13-14-32(33,34)21(20)16-38(25)29(42)24(17(2)3)37-31(45)46-18(4)5/h7-9,11-12,17-18,20-25H,6,10,13-16H2,1-5H3,(H,35,40)(H,36,41)(H,37,45)(H,43,44)/t20-,21?,22?,23+,24-,25-/m0/s1. The molecule has 1 saturated carbocycles. The number of ketones is 1.